The summed E-state index contributed by atoms with van der Waals surface area (Å²) < 4.78 is 2.34. The van der Waals surface area contributed by atoms with Gasteiger partial charge in [-0.15, -0.1) is 0 Å². The Morgan fingerprint density at radius 1 is 0.756 bits per heavy atom. The highest BCUT2D eigenvalue weighted by atomic mass is 35.5. The molecule has 208 valence electrons. The monoisotopic (exact) mass is 574 g/mol. The van der Waals surface area contributed by atoms with E-state index in [1.165, 1.54) is 64.0 Å². The van der Waals surface area contributed by atoms with Crippen molar-refractivity contribution in [3.8, 4) is 17.1 Å². The third kappa shape index (κ3) is 4.83. The van der Waals surface area contributed by atoms with Crippen LogP contribution in [-0.4, -0.2) is 46.8 Å². The summed E-state index contributed by atoms with van der Waals surface area (Å²) in [4.78, 5) is 51.0. The third-order valence-electron chi connectivity index (χ3n) is 6.81. The van der Waals surface area contributed by atoms with Crippen LogP contribution in [0.3, 0.4) is 0 Å². The highest BCUT2D eigenvalue weighted by molar-refractivity contribution is 6.30. The Kier molecular flexibility index (Phi) is 6.89. The van der Waals surface area contributed by atoms with Crippen LogP contribution in [0, 0.1) is 13.8 Å². The van der Waals surface area contributed by atoms with Crippen LogP contribution in [0.4, 0.5) is 0 Å². The van der Waals surface area contributed by atoms with Crippen molar-refractivity contribution in [1.29, 1.82) is 0 Å². The number of nitrogens with one attached hydrogen (secondary N) is 2. The molecule has 0 bridgehead atoms. The molecule has 3 aromatic carbocycles. The molecule has 5 aromatic rings. The maximum Gasteiger partial charge on any atom is 0.335 e. The van der Waals surface area contributed by atoms with Crippen molar-refractivity contribution in [3.05, 3.63) is 132 Å². The number of aromatic carboxylic acids is 2. The summed E-state index contributed by atoms with van der Waals surface area (Å²) in [6.45, 7) is 3.25. The second-order valence-electron chi connectivity index (χ2n) is 9.43. The fourth-order valence-corrected chi connectivity index (χ4v) is 5.11. The number of H-pyrrole nitrogens is 2. The number of carbonyl (C=O) groups is 2. The van der Waals surface area contributed by atoms with E-state index in [9.17, 15) is 34.5 Å². The van der Waals surface area contributed by atoms with Gasteiger partial charge in [-0.2, -0.15) is 0 Å². The van der Waals surface area contributed by atoms with E-state index in [1.807, 2.05) is 0 Å². The van der Waals surface area contributed by atoms with E-state index in [4.69, 9.17) is 11.6 Å². The van der Waals surface area contributed by atoms with Crippen LogP contribution in [0.5, 0.6) is 5.75 Å². The molecule has 11 nitrogen and oxygen atoms in total. The Bertz CT molecular complexity index is 1850. The lowest BCUT2D eigenvalue weighted by Gasteiger charge is -2.17. The summed E-state index contributed by atoms with van der Waals surface area (Å²) in [5, 5.41) is 35.9. The van der Waals surface area contributed by atoms with Gasteiger partial charge in [0, 0.05) is 22.0 Å². The van der Waals surface area contributed by atoms with Crippen molar-refractivity contribution in [1.82, 2.24) is 19.6 Å². The standard InChI is InChI=1S/C29H23ClN4O7/c1-14-23(26(36)33(31-14)19-7-3-5-16(11-19)28(38)39)25(21-13-18(30)9-10-22(21)35)24-15(2)32-34(27(24)37)20-8-4-6-17(12-20)29(40)41/h3-13,25,31-32,35H,1-2H3,(H,38,39)(H,40,41). The molecule has 5 N–H and O–H groups in total. The third-order valence-corrected chi connectivity index (χ3v) is 7.05. The van der Waals surface area contributed by atoms with Gasteiger partial charge in [0.1, 0.15) is 5.75 Å². The first-order valence-corrected chi connectivity index (χ1v) is 12.6. The number of nitrogens with zero attached hydrogens (tertiary/aromatic N) is 2. The van der Waals surface area contributed by atoms with E-state index >= 15 is 0 Å². The molecule has 0 radical (unpaired) electrons. The number of hydrogen-bond acceptors (Lipinski definition) is 5. The largest absolute Gasteiger partial charge is 0.508 e. The van der Waals surface area contributed by atoms with Crippen molar-refractivity contribution >= 4 is 23.5 Å². The average Bonchev–Trinajstić information content (AvgIpc) is 3.41. The van der Waals surface area contributed by atoms with Gasteiger partial charge in [-0.05, 0) is 68.4 Å². The molecule has 41 heavy (non-hydrogen) atoms. The number of aromatic hydroxyl groups is 1. The molecule has 0 aliphatic carbocycles. The van der Waals surface area contributed by atoms with Gasteiger partial charge in [-0.3, -0.25) is 19.8 Å². The first-order valence-electron chi connectivity index (χ1n) is 12.3. The topological polar surface area (TPSA) is 170 Å². The van der Waals surface area contributed by atoms with Gasteiger partial charge in [0.15, 0.2) is 0 Å². The number of aromatic amines is 2. The number of phenolic OH excluding ortho intramolecular Hbond substituents is 1. The minimum atomic E-state index is -1.17. The molecule has 0 spiro atoms. The lowest BCUT2D eigenvalue weighted by atomic mass is 9.85. The zero-order valence-electron chi connectivity index (χ0n) is 21.7. The molecule has 0 saturated carbocycles. The molecule has 12 heteroatoms. The van der Waals surface area contributed by atoms with Crippen molar-refractivity contribution < 1.29 is 24.9 Å². The summed E-state index contributed by atoms with van der Waals surface area (Å²) in [5.74, 6) is -3.66. The SMILES string of the molecule is Cc1[nH]n(-c2cccc(C(=O)O)c2)c(=O)c1C(c1cc(Cl)ccc1O)c1c(C)[nH]n(-c2cccc(C(=O)O)c2)c1=O. The molecule has 0 unspecified atom stereocenters. The molecular formula is C29H23ClN4O7. The van der Waals surface area contributed by atoms with Gasteiger partial charge in [0.25, 0.3) is 11.1 Å². The van der Waals surface area contributed by atoms with Gasteiger partial charge < -0.3 is 15.3 Å². The number of halogens is 1. The average molecular weight is 575 g/mol. The fourth-order valence-electron chi connectivity index (χ4n) is 4.93. The van der Waals surface area contributed by atoms with Crippen LogP contribution in [0.2, 0.25) is 5.02 Å². The second kappa shape index (κ2) is 10.4. The predicted molar refractivity (Wildman–Crippen MR) is 150 cm³/mol. The lowest BCUT2D eigenvalue weighted by Crippen LogP contribution is -2.25. The van der Waals surface area contributed by atoms with E-state index in [-0.39, 0.29) is 50.0 Å². The number of aromatic nitrogens is 4. The Morgan fingerprint density at radius 3 is 1.66 bits per heavy atom. The molecule has 0 saturated heterocycles. The minimum absolute atomic E-state index is 0.0276. The van der Waals surface area contributed by atoms with E-state index in [2.05, 4.69) is 10.2 Å². The number of carboxylic acid groups (broad SMARTS) is 2. The van der Waals surface area contributed by atoms with Gasteiger partial charge in [0.2, 0.25) is 0 Å². The number of rotatable bonds is 7. The van der Waals surface area contributed by atoms with Gasteiger partial charge in [-0.25, -0.2) is 19.0 Å². The first kappa shape index (κ1) is 27.3. The molecular weight excluding hydrogens is 552 g/mol. The normalized spacial score (nSPS) is 11.2. The highest BCUT2D eigenvalue weighted by Crippen LogP contribution is 2.38. The van der Waals surface area contributed by atoms with Crippen LogP contribution in [0.25, 0.3) is 11.4 Å². The summed E-state index contributed by atoms with van der Waals surface area (Å²) >= 11 is 6.29. The molecule has 0 aliphatic rings. The second-order valence-corrected chi connectivity index (χ2v) is 9.87. The minimum Gasteiger partial charge on any atom is -0.508 e. The van der Waals surface area contributed by atoms with Gasteiger partial charge in [0.05, 0.1) is 39.5 Å². The summed E-state index contributed by atoms with van der Waals surface area (Å²) in [6, 6.07) is 15.9. The smallest absolute Gasteiger partial charge is 0.335 e. The van der Waals surface area contributed by atoms with E-state index < -0.39 is 29.0 Å². The molecule has 0 atom stereocenters. The quantitative estimate of drug-likeness (QED) is 0.194. The molecule has 2 aromatic heterocycles. The van der Waals surface area contributed by atoms with Gasteiger partial charge in [-0.1, -0.05) is 23.7 Å². The number of phenols is 1. The maximum atomic E-state index is 14.0. The van der Waals surface area contributed by atoms with Crippen molar-refractivity contribution in [3.63, 3.8) is 0 Å². The molecule has 0 aliphatic heterocycles. The van der Waals surface area contributed by atoms with Crippen molar-refractivity contribution in [2.45, 2.75) is 19.8 Å². The fraction of sp³-hybridized carbons (Fsp3) is 0.103. The zero-order valence-corrected chi connectivity index (χ0v) is 22.4. The van der Waals surface area contributed by atoms with Crippen molar-refractivity contribution in [2.75, 3.05) is 0 Å². The van der Waals surface area contributed by atoms with E-state index in [1.54, 1.807) is 26.0 Å². The summed E-state index contributed by atoms with van der Waals surface area (Å²) in [5.41, 5.74) is 0.456. The summed E-state index contributed by atoms with van der Waals surface area (Å²) in [7, 11) is 0. The Hall–Kier alpha value is -5.29. The van der Waals surface area contributed by atoms with Gasteiger partial charge >= 0.3 is 11.9 Å². The molecule has 0 amide bonds. The molecule has 5 rings (SSSR count). The van der Waals surface area contributed by atoms with Crippen LogP contribution in [-0.2, 0) is 0 Å². The highest BCUT2D eigenvalue weighted by Gasteiger charge is 2.33. The molecule has 2 heterocycles. The van der Waals surface area contributed by atoms with Crippen LogP contribution in [0.15, 0.2) is 76.3 Å². The van der Waals surface area contributed by atoms with Crippen LogP contribution in [0.1, 0.15) is 54.7 Å². The Labute approximate surface area is 236 Å². The Morgan fingerprint density at radius 2 is 1.22 bits per heavy atom. The van der Waals surface area contributed by atoms with E-state index in [0.29, 0.717) is 11.4 Å². The number of aryl methyl sites for hydroxylation is 2. The Balaban J connectivity index is 1.78. The predicted octanol–water partition coefficient (Wildman–Crippen LogP) is 4.20. The van der Waals surface area contributed by atoms with Crippen molar-refractivity contribution in [2.24, 2.45) is 0 Å². The van der Waals surface area contributed by atoms with E-state index in [0.717, 1.165) is 0 Å². The number of benzene rings is 3. The maximum absolute atomic E-state index is 14.0. The lowest BCUT2D eigenvalue weighted by molar-refractivity contribution is 0.0686. The number of carboxylic acids is 2. The molecule has 0 fully saturated rings. The number of hydrogen-bond donors (Lipinski definition) is 5. The zero-order chi connectivity index (χ0) is 29.6. The summed E-state index contributed by atoms with van der Waals surface area (Å²) in [6.07, 6.45) is 0. The first-order chi connectivity index (χ1) is 19.5. The van der Waals surface area contributed by atoms with Crippen LogP contribution >= 0.6 is 11.6 Å². The van der Waals surface area contributed by atoms with Crippen LogP contribution < -0.4 is 11.1 Å².